The van der Waals surface area contributed by atoms with Gasteiger partial charge in [-0.25, -0.2) is 0 Å². The van der Waals surface area contributed by atoms with Crippen LogP contribution in [0.1, 0.15) is 13.8 Å². The van der Waals surface area contributed by atoms with Crippen LogP contribution in [-0.4, -0.2) is 62.4 Å². The summed E-state index contributed by atoms with van der Waals surface area (Å²) in [7, 11) is 0. The molecule has 0 bridgehead atoms. The molecule has 0 aliphatic carbocycles. The van der Waals surface area contributed by atoms with Gasteiger partial charge in [0.2, 0.25) is 0 Å². The molecule has 102 valence electrons. The lowest BCUT2D eigenvalue weighted by atomic mass is 10.1. The molecule has 0 spiro atoms. The van der Waals surface area contributed by atoms with Crippen LogP contribution < -0.4 is 0 Å². The summed E-state index contributed by atoms with van der Waals surface area (Å²) in [5.41, 5.74) is 0. The zero-order valence-corrected chi connectivity index (χ0v) is 10.6. The third-order valence-electron chi connectivity index (χ3n) is 2.96. The molecule has 6 nitrogen and oxygen atoms in total. The highest BCUT2D eigenvalue weighted by atomic mass is 16.6. The molecule has 6 heteroatoms. The number of rotatable bonds is 6. The number of carbonyl (C=O) groups excluding carboxylic acids is 2. The molecule has 2 aliphatic rings. The van der Waals surface area contributed by atoms with Gasteiger partial charge in [0, 0.05) is 0 Å². The Labute approximate surface area is 106 Å². The summed E-state index contributed by atoms with van der Waals surface area (Å²) in [6.45, 7) is 3.87. The Bertz CT molecular complexity index is 297. The third kappa shape index (κ3) is 3.14. The van der Waals surface area contributed by atoms with Crippen molar-refractivity contribution in [1.29, 1.82) is 0 Å². The summed E-state index contributed by atoms with van der Waals surface area (Å²) >= 11 is 0. The molecule has 0 aromatic heterocycles. The maximum absolute atomic E-state index is 10.9. The molecule has 2 rings (SSSR count). The molecule has 2 saturated heterocycles. The van der Waals surface area contributed by atoms with E-state index in [0.717, 1.165) is 0 Å². The normalized spacial score (nSPS) is 34.6. The number of carbonyl (C=O) groups is 2. The van der Waals surface area contributed by atoms with E-state index in [0.29, 0.717) is 13.2 Å². The van der Waals surface area contributed by atoms with Crippen molar-refractivity contribution >= 4 is 11.6 Å². The Morgan fingerprint density at radius 3 is 1.67 bits per heavy atom. The van der Waals surface area contributed by atoms with Crippen LogP contribution in [0.5, 0.6) is 0 Å². The van der Waals surface area contributed by atoms with Crippen LogP contribution >= 0.6 is 0 Å². The van der Waals surface area contributed by atoms with Gasteiger partial charge in [-0.1, -0.05) is 0 Å². The van der Waals surface area contributed by atoms with Crippen LogP contribution in [0.3, 0.4) is 0 Å². The van der Waals surface area contributed by atoms with Gasteiger partial charge in [0.25, 0.3) is 0 Å². The zero-order valence-electron chi connectivity index (χ0n) is 10.6. The summed E-state index contributed by atoms with van der Waals surface area (Å²) in [6.07, 6.45) is -0.878. The number of Topliss-reactive ketones (excluding diaryl/α,β-unsaturated/α-hetero) is 2. The van der Waals surface area contributed by atoms with Gasteiger partial charge >= 0.3 is 0 Å². The van der Waals surface area contributed by atoms with Gasteiger partial charge in [-0.2, -0.15) is 0 Å². The summed E-state index contributed by atoms with van der Waals surface area (Å²) in [5, 5.41) is 0. The van der Waals surface area contributed by atoms with E-state index < -0.39 is 0 Å². The average molecular weight is 258 g/mol. The van der Waals surface area contributed by atoms with Gasteiger partial charge in [-0.3, -0.25) is 9.59 Å². The Morgan fingerprint density at radius 1 is 0.944 bits per heavy atom. The highest BCUT2D eigenvalue weighted by Crippen LogP contribution is 2.30. The van der Waals surface area contributed by atoms with Gasteiger partial charge in [-0.05, 0) is 13.8 Å². The fourth-order valence-electron chi connectivity index (χ4n) is 2.16. The molecule has 0 aromatic rings. The van der Waals surface area contributed by atoms with Crippen molar-refractivity contribution in [2.45, 2.75) is 38.3 Å². The fourth-order valence-corrected chi connectivity index (χ4v) is 2.16. The lowest BCUT2D eigenvalue weighted by Crippen LogP contribution is -2.35. The van der Waals surface area contributed by atoms with Gasteiger partial charge in [-0.15, -0.1) is 0 Å². The summed E-state index contributed by atoms with van der Waals surface area (Å²) in [6, 6.07) is 0. The summed E-state index contributed by atoms with van der Waals surface area (Å²) in [4.78, 5) is 21.7. The predicted molar refractivity (Wildman–Crippen MR) is 60.3 cm³/mol. The van der Waals surface area contributed by atoms with Crippen molar-refractivity contribution in [3.05, 3.63) is 0 Å². The van der Waals surface area contributed by atoms with Crippen LogP contribution in [0.4, 0.5) is 0 Å². The Morgan fingerprint density at radius 2 is 1.33 bits per heavy atom. The third-order valence-corrected chi connectivity index (χ3v) is 2.96. The van der Waals surface area contributed by atoms with Crippen molar-refractivity contribution in [3.63, 3.8) is 0 Å². The summed E-state index contributed by atoms with van der Waals surface area (Å²) in [5.74, 6) is -0.0540. The Balaban J connectivity index is 1.82. The largest absolute Gasteiger partial charge is 0.370 e. The van der Waals surface area contributed by atoms with E-state index in [1.54, 1.807) is 0 Å². The second-order valence-corrected chi connectivity index (χ2v) is 4.70. The van der Waals surface area contributed by atoms with E-state index in [-0.39, 0.29) is 49.2 Å². The first kappa shape index (κ1) is 13.6. The van der Waals surface area contributed by atoms with E-state index in [4.69, 9.17) is 18.9 Å². The van der Waals surface area contributed by atoms with Gasteiger partial charge in [0.1, 0.15) is 37.6 Å². The molecule has 0 N–H and O–H groups in total. The van der Waals surface area contributed by atoms with E-state index in [1.165, 1.54) is 13.8 Å². The van der Waals surface area contributed by atoms with Crippen molar-refractivity contribution < 1.29 is 28.5 Å². The van der Waals surface area contributed by atoms with E-state index >= 15 is 0 Å². The van der Waals surface area contributed by atoms with Gasteiger partial charge in [0.15, 0.2) is 11.6 Å². The van der Waals surface area contributed by atoms with Crippen LogP contribution in [0.15, 0.2) is 0 Å². The van der Waals surface area contributed by atoms with Crippen LogP contribution in [0, 0.1) is 0 Å². The fraction of sp³-hybridized carbons (Fsp3) is 0.833. The molecule has 0 unspecified atom stereocenters. The standard InChI is InChI=1S/C12H18O6/c1-7(13)3-15-9-5-17-12-10(6-18-11(9)12)16-4-8(2)14/h9-12H,3-6H2,1-2H3/t9-,10+,11-,12-/m1/s1. The van der Waals surface area contributed by atoms with Gasteiger partial charge < -0.3 is 18.9 Å². The molecule has 2 heterocycles. The second-order valence-electron chi connectivity index (χ2n) is 4.70. The number of hydrogen-bond acceptors (Lipinski definition) is 6. The van der Waals surface area contributed by atoms with Crippen LogP contribution in [0.25, 0.3) is 0 Å². The average Bonchev–Trinajstić information content (AvgIpc) is 2.85. The van der Waals surface area contributed by atoms with Crippen molar-refractivity contribution in [2.24, 2.45) is 0 Å². The predicted octanol–water partition coefficient (Wildman–Crippen LogP) is -0.268. The molecule has 2 fully saturated rings. The molecule has 2 aliphatic heterocycles. The van der Waals surface area contributed by atoms with Crippen LogP contribution in [-0.2, 0) is 28.5 Å². The summed E-state index contributed by atoms with van der Waals surface area (Å²) < 4.78 is 22.0. The molecule has 0 aromatic carbocycles. The molecule has 0 radical (unpaired) electrons. The first-order chi connectivity index (χ1) is 8.58. The lowest BCUT2D eigenvalue weighted by molar-refractivity contribution is -0.126. The topological polar surface area (TPSA) is 71.1 Å². The van der Waals surface area contributed by atoms with Crippen molar-refractivity contribution in [3.8, 4) is 0 Å². The smallest absolute Gasteiger partial charge is 0.155 e. The van der Waals surface area contributed by atoms with E-state index in [1.807, 2.05) is 0 Å². The maximum atomic E-state index is 10.9. The number of hydrogen-bond donors (Lipinski definition) is 0. The zero-order chi connectivity index (χ0) is 13.1. The van der Waals surface area contributed by atoms with E-state index in [2.05, 4.69) is 0 Å². The monoisotopic (exact) mass is 258 g/mol. The number of fused-ring (bicyclic) bond motifs is 1. The van der Waals surface area contributed by atoms with Gasteiger partial charge in [0.05, 0.1) is 13.2 Å². The van der Waals surface area contributed by atoms with Crippen LogP contribution in [0.2, 0.25) is 0 Å². The molecule has 4 atom stereocenters. The van der Waals surface area contributed by atoms with Crippen molar-refractivity contribution in [1.82, 2.24) is 0 Å². The molecule has 0 amide bonds. The van der Waals surface area contributed by atoms with Crippen molar-refractivity contribution in [2.75, 3.05) is 26.4 Å². The Hall–Kier alpha value is -0.820. The molecular weight excluding hydrogens is 240 g/mol. The first-order valence-electron chi connectivity index (χ1n) is 6.03. The maximum Gasteiger partial charge on any atom is 0.155 e. The second kappa shape index (κ2) is 5.88. The lowest BCUT2D eigenvalue weighted by Gasteiger charge is -2.16. The quantitative estimate of drug-likeness (QED) is 0.653. The minimum Gasteiger partial charge on any atom is -0.370 e. The minimum atomic E-state index is -0.232. The SMILES string of the molecule is CC(=O)CO[C@H]1CO[C@H]2[C@@H]1OC[C@H]2OCC(C)=O. The Kier molecular flexibility index (Phi) is 4.45. The molecular formula is C12H18O6. The van der Waals surface area contributed by atoms with E-state index in [9.17, 15) is 9.59 Å². The minimum absolute atomic E-state index is 0.0270. The molecule has 0 saturated carbocycles. The number of ether oxygens (including phenoxy) is 4. The molecule has 18 heavy (non-hydrogen) atoms. The highest BCUT2D eigenvalue weighted by molar-refractivity contribution is 5.77. The highest BCUT2D eigenvalue weighted by Gasteiger charge is 2.49. The number of ketones is 2. The first-order valence-corrected chi connectivity index (χ1v) is 6.03.